The first-order chi connectivity index (χ1) is 7.36. The van der Waals surface area contributed by atoms with Crippen LogP contribution in [-0.4, -0.2) is 23.9 Å². The van der Waals surface area contributed by atoms with Crippen molar-refractivity contribution in [1.29, 1.82) is 0 Å². The minimum Gasteiger partial charge on any atom is -0.370 e. The Morgan fingerprint density at radius 2 is 2.19 bits per heavy atom. The van der Waals surface area contributed by atoms with Crippen LogP contribution in [0, 0.1) is 5.41 Å². The normalized spacial score (nSPS) is 31.1. The smallest absolute Gasteiger partial charge is 0.227 e. The number of primary amides is 1. The molecule has 2 amide bonds. The molecule has 5 N–H and O–H groups in total. The van der Waals surface area contributed by atoms with E-state index < -0.39 is 11.3 Å². The number of nitrogens with two attached hydrogens (primary N) is 2. The van der Waals surface area contributed by atoms with Crippen molar-refractivity contribution in [1.82, 2.24) is 5.32 Å². The fourth-order valence-corrected chi connectivity index (χ4v) is 2.22. The van der Waals surface area contributed by atoms with Gasteiger partial charge in [-0.1, -0.05) is 6.42 Å². The van der Waals surface area contributed by atoms with Gasteiger partial charge in [-0.15, -0.1) is 0 Å². The standard InChI is InChI=1S/C11H21N3O2/c1-7(6-9(13)15)14-10(16)11(2)5-3-4-8(11)12/h7-8H,3-6,12H2,1-2H3,(H2,13,15)(H,14,16). The van der Waals surface area contributed by atoms with Gasteiger partial charge in [0.2, 0.25) is 11.8 Å². The molecular formula is C11H21N3O2. The molecule has 0 aromatic rings. The third-order valence-electron chi connectivity index (χ3n) is 3.43. The Morgan fingerprint density at radius 1 is 1.56 bits per heavy atom. The van der Waals surface area contributed by atoms with E-state index >= 15 is 0 Å². The van der Waals surface area contributed by atoms with E-state index in [1.807, 2.05) is 6.92 Å². The minimum absolute atomic E-state index is 0.0637. The maximum Gasteiger partial charge on any atom is 0.227 e. The Bertz CT molecular complexity index is 293. The van der Waals surface area contributed by atoms with Crippen LogP contribution in [0.5, 0.6) is 0 Å². The van der Waals surface area contributed by atoms with Gasteiger partial charge in [-0.05, 0) is 26.7 Å². The number of hydrogen-bond donors (Lipinski definition) is 3. The van der Waals surface area contributed by atoms with Crippen molar-refractivity contribution in [3.05, 3.63) is 0 Å². The van der Waals surface area contributed by atoms with Gasteiger partial charge in [0, 0.05) is 18.5 Å². The maximum absolute atomic E-state index is 12.0. The molecule has 1 rings (SSSR count). The van der Waals surface area contributed by atoms with Gasteiger partial charge in [0.15, 0.2) is 0 Å². The van der Waals surface area contributed by atoms with Crippen LogP contribution in [0.25, 0.3) is 0 Å². The Kier molecular flexibility index (Phi) is 3.91. The molecule has 0 heterocycles. The predicted molar refractivity (Wildman–Crippen MR) is 61.3 cm³/mol. The van der Waals surface area contributed by atoms with E-state index in [4.69, 9.17) is 11.5 Å². The van der Waals surface area contributed by atoms with Gasteiger partial charge in [0.1, 0.15) is 0 Å². The summed E-state index contributed by atoms with van der Waals surface area (Å²) in [6, 6.07) is -0.317. The third kappa shape index (κ3) is 2.72. The van der Waals surface area contributed by atoms with Crippen molar-refractivity contribution in [3.8, 4) is 0 Å². The van der Waals surface area contributed by atoms with Crippen molar-refractivity contribution in [3.63, 3.8) is 0 Å². The molecule has 16 heavy (non-hydrogen) atoms. The number of hydrogen-bond acceptors (Lipinski definition) is 3. The molecule has 0 radical (unpaired) electrons. The lowest BCUT2D eigenvalue weighted by Crippen LogP contribution is -2.50. The summed E-state index contributed by atoms with van der Waals surface area (Å²) in [6.45, 7) is 3.66. The van der Waals surface area contributed by atoms with Gasteiger partial charge < -0.3 is 16.8 Å². The second-order valence-electron chi connectivity index (χ2n) is 4.96. The number of carbonyl (C=O) groups is 2. The van der Waals surface area contributed by atoms with E-state index in [1.165, 1.54) is 0 Å². The Morgan fingerprint density at radius 3 is 2.62 bits per heavy atom. The number of nitrogens with one attached hydrogen (secondary N) is 1. The fourth-order valence-electron chi connectivity index (χ4n) is 2.22. The Hall–Kier alpha value is -1.10. The third-order valence-corrected chi connectivity index (χ3v) is 3.43. The zero-order valence-corrected chi connectivity index (χ0v) is 9.95. The zero-order chi connectivity index (χ0) is 12.3. The van der Waals surface area contributed by atoms with Crippen LogP contribution in [0.1, 0.15) is 39.5 Å². The molecule has 5 nitrogen and oxygen atoms in total. The van der Waals surface area contributed by atoms with E-state index in [0.717, 1.165) is 19.3 Å². The monoisotopic (exact) mass is 227 g/mol. The molecule has 0 aromatic carbocycles. The van der Waals surface area contributed by atoms with Crippen molar-refractivity contribution in [2.24, 2.45) is 16.9 Å². The van der Waals surface area contributed by atoms with Gasteiger partial charge in [0.05, 0.1) is 5.41 Å². The molecule has 1 fully saturated rings. The molecule has 5 heteroatoms. The lowest BCUT2D eigenvalue weighted by molar-refractivity contribution is -0.131. The van der Waals surface area contributed by atoms with Crippen LogP contribution in [0.3, 0.4) is 0 Å². The van der Waals surface area contributed by atoms with E-state index in [0.29, 0.717) is 0 Å². The summed E-state index contributed by atoms with van der Waals surface area (Å²) in [6.07, 6.45) is 2.84. The summed E-state index contributed by atoms with van der Waals surface area (Å²) >= 11 is 0. The molecule has 0 saturated heterocycles. The van der Waals surface area contributed by atoms with Crippen LogP contribution in [0.2, 0.25) is 0 Å². The first-order valence-corrected chi connectivity index (χ1v) is 5.71. The minimum atomic E-state index is -0.494. The van der Waals surface area contributed by atoms with E-state index in [1.54, 1.807) is 6.92 Å². The molecule has 1 aliphatic rings. The average Bonchev–Trinajstić information content (AvgIpc) is 2.46. The number of rotatable bonds is 4. The molecular weight excluding hydrogens is 206 g/mol. The highest BCUT2D eigenvalue weighted by molar-refractivity contribution is 5.84. The fraction of sp³-hybridized carbons (Fsp3) is 0.818. The molecule has 0 aliphatic heterocycles. The van der Waals surface area contributed by atoms with Crippen molar-refractivity contribution >= 4 is 11.8 Å². The summed E-state index contributed by atoms with van der Waals surface area (Å²) in [5.74, 6) is -0.472. The first kappa shape index (κ1) is 13.0. The summed E-state index contributed by atoms with van der Waals surface area (Å²) < 4.78 is 0. The topological polar surface area (TPSA) is 98.2 Å². The molecule has 3 unspecified atom stereocenters. The zero-order valence-electron chi connectivity index (χ0n) is 9.95. The molecule has 3 atom stereocenters. The molecule has 1 saturated carbocycles. The van der Waals surface area contributed by atoms with Crippen LogP contribution in [0.15, 0.2) is 0 Å². The van der Waals surface area contributed by atoms with Crippen molar-refractivity contribution in [2.75, 3.05) is 0 Å². The molecule has 0 aromatic heterocycles. The van der Waals surface area contributed by atoms with Crippen LogP contribution in [0.4, 0.5) is 0 Å². The Balaban J connectivity index is 2.54. The van der Waals surface area contributed by atoms with E-state index in [2.05, 4.69) is 5.32 Å². The summed E-state index contributed by atoms with van der Waals surface area (Å²) in [5, 5.41) is 2.80. The lowest BCUT2D eigenvalue weighted by Gasteiger charge is -2.29. The number of amides is 2. The SMILES string of the molecule is CC(CC(N)=O)NC(=O)C1(C)CCCC1N. The van der Waals surface area contributed by atoms with Gasteiger partial charge in [-0.3, -0.25) is 9.59 Å². The van der Waals surface area contributed by atoms with Crippen LogP contribution < -0.4 is 16.8 Å². The average molecular weight is 227 g/mol. The summed E-state index contributed by atoms with van der Waals surface area (Å²) in [4.78, 5) is 22.7. The van der Waals surface area contributed by atoms with Crippen LogP contribution in [-0.2, 0) is 9.59 Å². The second kappa shape index (κ2) is 4.82. The van der Waals surface area contributed by atoms with Crippen molar-refractivity contribution in [2.45, 2.75) is 51.6 Å². The van der Waals surface area contributed by atoms with Crippen molar-refractivity contribution < 1.29 is 9.59 Å². The summed E-state index contributed by atoms with van der Waals surface area (Å²) in [7, 11) is 0. The van der Waals surface area contributed by atoms with Crippen LogP contribution >= 0.6 is 0 Å². The maximum atomic E-state index is 12.0. The van der Waals surface area contributed by atoms with Gasteiger partial charge in [-0.2, -0.15) is 0 Å². The highest BCUT2D eigenvalue weighted by atomic mass is 16.2. The Labute approximate surface area is 95.9 Å². The molecule has 1 aliphatic carbocycles. The highest BCUT2D eigenvalue weighted by Gasteiger charge is 2.43. The highest BCUT2D eigenvalue weighted by Crippen LogP contribution is 2.36. The van der Waals surface area contributed by atoms with Gasteiger partial charge >= 0.3 is 0 Å². The molecule has 92 valence electrons. The van der Waals surface area contributed by atoms with Gasteiger partial charge in [-0.25, -0.2) is 0 Å². The molecule has 0 bridgehead atoms. The van der Waals surface area contributed by atoms with Gasteiger partial charge in [0.25, 0.3) is 0 Å². The number of carbonyl (C=O) groups excluding carboxylic acids is 2. The quantitative estimate of drug-likeness (QED) is 0.624. The predicted octanol–water partition coefficient (Wildman–Crippen LogP) is -0.116. The summed E-state index contributed by atoms with van der Waals surface area (Å²) in [5.41, 5.74) is 10.5. The van der Waals surface area contributed by atoms with E-state index in [-0.39, 0.29) is 24.4 Å². The first-order valence-electron chi connectivity index (χ1n) is 5.71. The molecule has 0 spiro atoms. The van der Waals surface area contributed by atoms with E-state index in [9.17, 15) is 9.59 Å². The largest absolute Gasteiger partial charge is 0.370 e. The second-order valence-corrected chi connectivity index (χ2v) is 4.96. The lowest BCUT2D eigenvalue weighted by atomic mass is 9.84.